The standard InChI is InChI=1S/C18H31NO/c1-6-18(20)19-14-13-17(5)12-8-11-16(4)10-7-9-15(2)3/h9,11,13H,6-8,10,12,14H2,1-5H3,(H,19,20)/b16-11+,17-13+. The van der Waals surface area contributed by atoms with Crippen molar-refractivity contribution in [1.29, 1.82) is 0 Å². The molecule has 1 amide bonds. The van der Waals surface area contributed by atoms with E-state index < -0.39 is 0 Å². The summed E-state index contributed by atoms with van der Waals surface area (Å²) in [6.07, 6.45) is 11.7. The van der Waals surface area contributed by atoms with Gasteiger partial charge in [-0.2, -0.15) is 0 Å². The van der Waals surface area contributed by atoms with Gasteiger partial charge in [0.15, 0.2) is 0 Å². The fraction of sp³-hybridized carbons (Fsp3) is 0.611. The zero-order valence-corrected chi connectivity index (χ0v) is 13.9. The Morgan fingerprint density at radius 1 is 0.900 bits per heavy atom. The Hall–Kier alpha value is -1.31. The molecule has 0 saturated heterocycles. The van der Waals surface area contributed by atoms with E-state index in [1.54, 1.807) is 0 Å². The van der Waals surface area contributed by atoms with Crippen LogP contribution in [-0.2, 0) is 4.79 Å². The van der Waals surface area contributed by atoms with Crippen LogP contribution < -0.4 is 5.32 Å². The lowest BCUT2D eigenvalue weighted by Crippen LogP contribution is -2.22. The maximum atomic E-state index is 11.1. The summed E-state index contributed by atoms with van der Waals surface area (Å²) in [4.78, 5) is 11.1. The highest BCUT2D eigenvalue weighted by molar-refractivity contribution is 5.75. The number of rotatable bonds is 9. The lowest BCUT2D eigenvalue weighted by atomic mass is 10.1. The van der Waals surface area contributed by atoms with Crippen molar-refractivity contribution in [3.63, 3.8) is 0 Å². The van der Waals surface area contributed by atoms with Crippen LogP contribution in [0.5, 0.6) is 0 Å². The fourth-order valence-corrected chi connectivity index (χ4v) is 1.80. The largest absolute Gasteiger partial charge is 0.353 e. The third-order valence-electron chi connectivity index (χ3n) is 3.19. The molecular weight excluding hydrogens is 246 g/mol. The molecule has 2 heteroatoms. The van der Waals surface area contributed by atoms with E-state index in [9.17, 15) is 4.79 Å². The summed E-state index contributed by atoms with van der Waals surface area (Å²) in [5, 5.41) is 2.86. The minimum Gasteiger partial charge on any atom is -0.353 e. The van der Waals surface area contributed by atoms with Gasteiger partial charge in [0.25, 0.3) is 0 Å². The second kappa shape index (κ2) is 11.5. The van der Waals surface area contributed by atoms with Crippen molar-refractivity contribution in [2.45, 2.75) is 66.7 Å². The van der Waals surface area contributed by atoms with E-state index in [1.807, 2.05) is 6.92 Å². The van der Waals surface area contributed by atoms with E-state index in [4.69, 9.17) is 0 Å². The van der Waals surface area contributed by atoms with Crippen molar-refractivity contribution < 1.29 is 4.79 Å². The van der Waals surface area contributed by atoms with Crippen molar-refractivity contribution in [2.24, 2.45) is 0 Å². The summed E-state index contributed by atoms with van der Waals surface area (Å²) in [7, 11) is 0. The first kappa shape index (κ1) is 18.7. The number of hydrogen-bond acceptors (Lipinski definition) is 1. The molecule has 0 rings (SSSR count). The number of allylic oxidation sites excluding steroid dienone is 5. The van der Waals surface area contributed by atoms with Crippen molar-refractivity contribution in [1.82, 2.24) is 5.32 Å². The number of nitrogens with one attached hydrogen (secondary N) is 1. The molecule has 0 aliphatic rings. The van der Waals surface area contributed by atoms with Gasteiger partial charge in [-0.1, -0.05) is 41.9 Å². The Morgan fingerprint density at radius 3 is 2.00 bits per heavy atom. The van der Waals surface area contributed by atoms with Gasteiger partial charge in [-0.3, -0.25) is 4.79 Å². The normalized spacial score (nSPS) is 12.2. The topological polar surface area (TPSA) is 29.1 Å². The summed E-state index contributed by atoms with van der Waals surface area (Å²) in [6, 6.07) is 0. The molecule has 0 unspecified atom stereocenters. The molecule has 0 heterocycles. The third-order valence-corrected chi connectivity index (χ3v) is 3.19. The Kier molecular flexibility index (Phi) is 10.8. The summed E-state index contributed by atoms with van der Waals surface area (Å²) in [6.45, 7) is 11.1. The van der Waals surface area contributed by atoms with Crippen molar-refractivity contribution in [3.8, 4) is 0 Å². The monoisotopic (exact) mass is 277 g/mol. The number of carbonyl (C=O) groups is 1. The molecule has 0 fully saturated rings. The van der Waals surface area contributed by atoms with Gasteiger partial charge in [-0.25, -0.2) is 0 Å². The van der Waals surface area contributed by atoms with Gasteiger partial charge in [0.1, 0.15) is 0 Å². The highest BCUT2D eigenvalue weighted by Gasteiger charge is 1.94. The molecule has 1 N–H and O–H groups in total. The second-order valence-corrected chi connectivity index (χ2v) is 5.62. The molecule has 0 bridgehead atoms. The van der Waals surface area contributed by atoms with E-state index >= 15 is 0 Å². The molecule has 0 aromatic heterocycles. The predicted octanol–water partition coefficient (Wildman–Crippen LogP) is 4.93. The predicted molar refractivity (Wildman–Crippen MR) is 88.7 cm³/mol. The highest BCUT2D eigenvalue weighted by atomic mass is 16.1. The summed E-state index contributed by atoms with van der Waals surface area (Å²) in [5.74, 6) is 0.115. The Morgan fingerprint density at radius 2 is 1.45 bits per heavy atom. The van der Waals surface area contributed by atoms with Gasteiger partial charge in [0.05, 0.1) is 0 Å². The van der Waals surface area contributed by atoms with Gasteiger partial charge in [0.2, 0.25) is 5.91 Å². The molecular formula is C18H31NO. The lowest BCUT2D eigenvalue weighted by molar-refractivity contribution is -0.120. The zero-order valence-electron chi connectivity index (χ0n) is 13.9. The average Bonchev–Trinajstić information content (AvgIpc) is 2.38. The molecule has 0 aromatic rings. The Balaban J connectivity index is 3.88. The maximum absolute atomic E-state index is 11.1. The van der Waals surface area contributed by atoms with Crippen LogP contribution in [0.1, 0.15) is 66.7 Å². The SMILES string of the molecule is CCC(=O)NC/C=C(\C)CC/C=C(\C)CCC=C(C)C. The van der Waals surface area contributed by atoms with E-state index in [2.05, 4.69) is 51.2 Å². The summed E-state index contributed by atoms with van der Waals surface area (Å²) >= 11 is 0. The number of hydrogen-bond donors (Lipinski definition) is 1. The van der Waals surface area contributed by atoms with Crippen molar-refractivity contribution >= 4 is 5.91 Å². The van der Waals surface area contributed by atoms with Crippen molar-refractivity contribution in [2.75, 3.05) is 6.54 Å². The number of amides is 1. The molecule has 114 valence electrons. The average molecular weight is 277 g/mol. The number of carbonyl (C=O) groups excluding carboxylic acids is 1. The first-order chi connectivity index (χ1) is 9.45. The van der Waals surface area contributed by atoms with Gasteiger partial charge >= 0.3 is 0 Å². The van der Waals surface area contributed by atoms with Gasteiger partial charge < -0.3 is 5.32 Å². The molecule has 0 atom stereocenters. The minimum absolute atomic E-state index is 0.115. The van der Waals surface area contributed by atoms with Crippen LogP contribution in [-0.4, -0.2) is 12.5 Å². The first-order valence-corrected chi connectivity index (χ1v) is 7.67. The third kappa shape index (κ3) is 11.8. The summed E-state index contributed by atoms with van der Waals surface area (Å²) < 4.78 is 0. The Bertz CT molecular complexity index is 371. The van der Waals surface area contributed by atoms with Crippen LogP contribution >= 0.6 is 0 Å². The van der Waals surface area contributed by atoms with Crippen LogP contribution in [0.3, 0.4) is 0 Å². The molecule has 0 aliphatic heterocycles. The minimum atomic E-state index is 0.115. The van der Waals surface area contributed by atoms with Crippen LogP contribution in [0, 0.1) is 0 Å². The van der Waals surface area contributed by atoms with Crippen LogP contribution in [0.4, 0.5) is 0 Å². The first-order valence-electron chi connectivity index (χ1n) is 7.67. The molecule has 0 spiro atoms. The second-order valence-electron chi connectivity index (χ2n) is 5.62. The molecule has 0 aromatic carbocycles. The smallest absolute Gasteiger partial charge is 0.219 e. The maximum Gasteiger partial charge on any atom is 0.219 e. The van der Waals surface area contributed by atoms with Gasteiger partial charge in [-0.05, 0) is 53.4 Å². The molecule has 0 radical (unpaired) electrons. The van der Waals surface area contributed by atoms with E-state index in [0.717, 1.165) is 25.7 Å². The Labute approximate surface area is 125 Å². The van der Waals surface area contributed by atoms with E-state index in [1.165, 1.54) is 16.7 Å². The van der Waals surface area contributed by atoms with Gasteiger partial charge in [-0.15, -0.1) is 0 Å². The van der Waals surface area contributed by atoms with Crippen LogP contribution in [0.15, 0.2) is 34.9 Å². The van der Waals surface area contributed by atoms with Crippen LogP contribution in [0.2, 0.25) is 0 Å². The molecule has 2 nitrogen and oxygen atoms in total. The highest BCUT2D eigenvalue weighted by Crippen LogP contribution is 2.11. The molecule has 20 heavy (non-hydrogen) atoms. The van der Waals surface area contributed by atoms with E-state index in [0.29, 0.717) is 13.0 Å². The van der Waals surface area contributed by atoms with Gasteiger partial charge in [0, 0.05) is 13.0 Å². The quantitative estimate of drug-likeness (QED) is 0.595. The van der Waals surface area contributed by atoms with Crippen LogP contribution in [0.25, 0.3) is 0 Å². The lowest BCUT2D eigenvalue weighted by Gasteiger charge is -2.03. The summed E-state index contributed by atoms with van der Waals surface area (Å²) in [5.41, 5.74) is 4.20. The molecule has 0 saturated carbocycles. The van der Waals surface area contributed by atoms with Crippen molar-refractivity contribution in [3.05, 3.63) is 34.9 Å². The molecule has 0 aliphatic carbocycles. The van der Waals surface area contributed by atoms with E-state index in [-0.39, 0.29) is 5.91 Å². The zero-order chi connectivity index (χ0) is 15.4. The fourth-order valence-electron chi connectivity index (χ4n) is 1.80.